The quantitative estimate of drug-likeness (QED) is 0.152. The highest BCUT2D eigenvalue weighted by Crippen LogP contribution is 2.41. The number of nitrogens with zero attached hydrogens (tertiary/aromatic N) is 2. The molecule has 0 N–H and O–H groups in total. The van der Waals surface area contributed by atoms with Crippen LogP contribution in [0.5, 0.6) is 0 Å². The van der Waals surface area contributed by atoms with Gasteiger partial charge in [0.25, 0.3) is 0 Å². The molecule has 2 nitrogen and oxygen atoms in total. The van der Waals surface area contributed by atoms with Gasteiger partial charge in [0, 0.05) is 32.9 Å². The lowest BCUT2D eigenvalue weighted by atomic mass is 9.98. The first-order valence-electron chi connectivity index (χ1n) is 32.2. The lowest BCUT2D eigenvalue weighted by Crippen LogP contribution is -1.96. The second-order valence-electron chi connectivity index (χ2n) is 14.1. The van der Waals surface area contributed by atoms with Gasteiger partial charge >= 0.3 is 0 Å². The number of para-hydroxylation sites is 2. The van der Waals surface area contributed by atoms with Crippen molar-refractivity contribution in [3.05, 3.63) is 242 Å². The van der Waals surface area contributed by atoms with Crippen molar-refractivity contribution in [1.82, 2.24) is 9.13 Å². The zero-order valence-corrected chi connectivity index (χ0v) is 32.0. The molecule has 62 heavy (non-hydrogen) atoms. The van der Waals surface area contributed by atoms with Crippen LogP contribution < -0.4 is 0 Å². The molecule has 0 aliphatic heterocycles. The van der Waals surface area contributed by atoms with Crippen LogP contribution in [-0.4, -0.2) is 9.13 Å². The summed E-state index contributed by atoms with van der Waals surface area (Å²) in [5, 5.41) is 2.14. The van der Waals surface area contributed by atoms with Crippen LogP contribution in [-0.2, 0) is 0 Å². The third kappa shape index (κ3) is 6.12. The molecule has 12 rings (SSSR count). The third-order valence-corrected chi connectivity index (χ3v) is 10.6. The summed E-state index contributed by atoms with van der Waals surface area (Å²) in [6, 6.07) is 4.24. The van der Waals surface area contributed by atoms with Gasteiger partial charge in [0.15, 0.2) is 0 Å². The molecule has 2 heterocycles. The number of aromatic nitrogens is 2. The first kappa shape index (κ1) is 18.2. The highest BCUT2D eigenvalue weighted by molar-refractivity contribution is 6.13. The van der Waals surface area contributed by atoms with Gasteiger partial charge in [-0.1, -0.05) is 169 Å². The first-order valence-corrected chi connectivity index (χ1v) is 19.2. The Morgan fingerprint density at radius 3 is 0.903 bits per heavy atom. The lowest BCUT2D eigenvalue weighted by Gasteiger charge is -2.14. The minimum Gasteiger partial charge on any atom is -0.309 e. The molecule has 0 unspecified atom stereocenters. The van der Waals surface area contributed by atoms with Crippen LogP contribution in [0.4, 0.5) is 0 Å². The predicted octanol–water partition coefficient (Wildman–Crippen LogP) is 16.2. The van der Waals surface area contributed by atoms with Crippen molar-refractivity contribution in [1.29, 1.82) is 0 Å². The summed E-state index contributed by atoms with van der Waals surface area (Å²) in [6.07, 6.45) is 0. The van der Waals surface area contributed by atoms with Crippen molar-refractivity contribution < 1.29 is 35.6 Å². The molecule has 0 atom stereocenters. The standard InChI is InChI=1S/C60H40N2/c1-5-17-41(18-6-1)47-33-48(42-19-7-2-8-20-42)36-51(35-47)61-57-27-15-13-25-53(57)55-39-45(29-31-59(55)61)46-30-32-60-56(40-46)54-26-14-16-28-58(54)62(60)52-37-49(43-21-9-3-10-22-43)34-50(38-52)44-23-11-4-12-24-44/h1-40H/i1D,2D,3D,4D,5D,6D,7D,8D,9D,10D,11D,12D,17D,18D,19D,20D,21D,22D,23D,24D,33D,34D,35D,36D,37D,38D. The van der Waals surface area contributed by atoms with E-state index >= 15 is 0 Å². The average Bonchev–Trinajstić information content (AvgIpc) is 1.25. The Morgan fingerprint density at radius 2 is 0.565 bits per heavy atom. The number of rotatable bonds is 7. The highest BCUT2D eigenvalue weighted by atomic mass is 15.0. The van der Waals surface area contributed by atoms with E-state index in [1.165, 1.54) is 9.13 Å². The molecule has 12 aromatic rings. The fraction of sp³-hybridized carbons (Fsp3) is 0. The maximum atomic E-state index is 9.88. The molecule has 10 aromatic carbocycles. The fourth-order valence-electron chi connectivity index (χ4n) is 7.92. The van der Waals surface area contributed by atoms with Gasteiger partial charge in [-0.15, -0.1) is 0 Å². The zero-order valence-electron chi connectivity index (χ0n) is 58.0. The molecule has 0 amide bonds. The van der Waals surface area contributed by atoms with Crippen LogP contribution in [0.15, 0.2) is 242 Å². The Hall–Kier alpha value is -8.20. The third-order valence-electron chi connectivity index (χ3n) is 10.6. The van der Waals surface area contributed by atoms with Crippen molar-refractivity contribution >= 4 is 43.6 Å². The van der Waals surface area contributed by atoms with Gasteiger partial charge in [-0.3, -0.25) is 0 Å². The van der Waals surface area contributed by atoms with Crippen LogP contribution in [0, 0.1) is 0 Å². The smallest absolute Gasteiger partial charge is 0.0651 e. The fourth-order valence-corrected chi connectivity index (χ4v) is 7.92. The minimum atomic E-state index is -0.800. The normalized spacial score (nSPS) is 17.4. The van der Waals surface area contributed by atoms with Crippen LogP contribution in [0.2, 0.25) is 0 Å². The minimum absolute atomic E-state index is 0.321. The Morgan fingerprint density at radius 1 is 0.258 bits per heavy atom. The molecule has 0 aliphatic rings. The van der Waals surface area contributed by atoms with E-state index in [4.69, 9.17) is 27.4 Å². The highest BCUT2D eigenvalue weighted by Gasteiger charge is 2.18. The number of fused-ring (bicyclic) bond motifs is 6. The lowest BCUT2D eigenvalue weighted by molar-refractivity contribution is 1.18. The monoisotopic (exact) mass is 814 g/mol. The molecule has 0 radical (unpaired) electrons. The molecule has 2 aromatic heterocycles. The molecule has 0 fully saturated rings. The van der Waals surface area contributed by atoms with Gasteiger partial charge in [-0.2, -0.15) is 0 Å². The molecule has 0 spiro atoms. The Balaban J connectivity index is 1.13. The van der Waals surface area contributed by atoms with Crippen LogP contribution in [0.25, 0.3) is 111 Å². The van der Waals surface area contributed by atoms with Crippen molar-refractivity contribution in [3.63, 3.8) is 0 Å². The summed E-state index contributed by atoms with van der Waals surface area (Å²) < 4.78 is 235. The van der Waals surface area contributed by atoms with Gasteiger partial charge in [0.2, 0.25) is 0 Å². The van der Waals surface area contributed by atoms with Gasteiger partial charge in [0.1, 0.15) is 0 Å². The van der Waals surface area contributed by atoms with Crippen LogP contribution in [0.3, 0.4) is 0 Å². The van der Waals surface area contributed by atoms with E-state index in [0.717, 1.165) is 0 Å². The Labute approximate surface area is 397 Å². The van der Waals surface area contributed by atoms with Crippen LogP contribution in [0.1, 0.15) is 35.6 Å². The largest absolute Gasteiger partial charge is 0.309 e. The van der Waals surface area contributed by atoms with E-state index in [2.05, 4.69) is 0 Å². The van der Waals surface area contributed by atoms with E-state index in [9.17, 15) is 8.22 Å². The topological polar surface area (TPSA) is 9.86 Å². The van der Waals surface area contributed by atoms with Crippen molar-refractivity contribution in [2.24, 2.45) is 0 Å². The molecule has 0 saturated carbocycles. The number of hydrogen-bond acceptors (Lipinski definition) is 0. The van der Waals surface area contributed by atoms with E-state index in [-0.39, 0.29) is 11.4 Å². The maximum Gasteiger partial charge on any atom is 0.0651 e. The number of benzene rings is 10. The van der Waals surface area contributed by atoms with Gasteiger partial charge < -0.3 is 9.13 Å². The second-order valence-corrected chi connectivity index (χ2v) is 14.1. The van der Waals surface area contributed by atoms with Gasteiger partial charge in [0.05, 0.1) is 57.7 Å². The summed E-state index contributed by atoms with van der Waals surface area (Å²) >= 11 is 0. The van der Waals surface area contributed by atoms with E-state index in [1.54, 1.807) is 72.8 Å². The summed E-state index contributed by atoms with van der Waals surface area (Å²) in [7, 11) is 0. The Bertz CT molecular complexity index is 4550. The van der Waals surface area contributed by atoms with Crippen molar-refractivity contribution in [2.45, 2.75) is 0 Å². The molecule has 0 saturated heterocycles. The molecule has 290 valence electrons. The Kier molecular flexibility index (Phi) is 4.35. The molecule has 0 bridgehead atoms. The molecule has 2 heteroatoms. The van der Waals surface area contributed by atoms with E-state index < -0.39 is 202 Å². The van der Waals surface area contributed by atoms with Crippen LogP contribution >= 0.6 is 0 Å². The number of hydrogen-bond donors (Lipinski definition) is 0. The van der Waals surface area contributed by atoms with E-state index in [1.807, 2.05) is 12.1 Å². The SMILES string of the molecule is [2H]c1c([2H])c([2H])c(-c2c([2H])c(-c3c([2H])c([2H])c([2H])c([2H])c3[2H])c([2H])c(-n3c4ccccc4c4cc(-c5ccc6c(c5)c5ccccc5n6-c5c([2H])c(-c6c([2H])c([2H])c([2H])c([2H])c6[2H])c([2H])c(-c6c([2H])c([2H])c([2H])c([2H])c6[2H])c5[2H])ccc43)c2[2H])c([2H])c1[2H]. The summed E-state index contributed by atoms with van der Waals surface area (Å²) in [4.78, 5) is 0. The molecular formula is C60H40N2. The second kappa shape index (κ2) is 14.8. The predicted molar refractivity (Wildman–Crippen MR) is 262 cm³/mol. The zero-order chi connectivity index (χ0) is 63.6. The van der Waals surface area contributed by atoms with Crippen molar-refractivity contribution in [2.75, 3.05) is 0 Å². The van der Waals surface area contributed by atoms with Gasteiger partial charge in [-0.25, -0.2) is 0 Å². The molecule has 0 aliphatic carbocycles. The average molecular weight is 815 g/mol. The summed E-state index contributed by atoms with van der Waals surface area (Å²) in [5.74, 6) is 0. The van der Waals surface area contributed by atoms with Crippen molar-refractivity contribution in [3.8, 4) is 67.0 Å². The van der Waals surface area contributed by atoms with E-state index in [0.29, 0.717) is 54.7 Å². The maximum absolute atomic E-state index is 9.88. The summed E-state index contributed by atoms with van der Waals surface area (Å²) in [6.45, 7) is 0. The summed E-state index contributed by atoms with van der Waals surface area (Å²) in [5.41, 5.74) is -2.69. The van der Waals surface area contributed by atoms with Gasteiger partial charge in [-0.05, 0) is 128 Å². The molecular weight excluding hydrogens is 749 g/mol. The first-order chi connectivity index (χ1) is 41.6.